The van der Waals surface area contributed by atoms with Crippen LogP contribution >= 0.6 is 0 Å². The van der Waals surface area contributed by atoms with Gasteiger partial charge >= 0.3 is 0 Å². The van der Waals surface area contributed by atoms with Crippen LogP contribution in [0.1, 0.15) is 0 Å². The van der Waals surface area contributed by atoms with Crippen molar-refractivity contribution in [2.45, 2.75) is 0 Å². The molecule has 0 unspecified atom stereocenters. The van der Waals surface area contributed by atoms with E-state index in [1.807, 2.05) is 133 Å². The van der Waals surface area contributed by atoms with Crippen LogP contribution < -0.4 is 0 Å². The lowest BCUT2D eigenvalue weighted by molar-refractivity contribution is 1.07. The molecule has 0 N–H and O–H groups in total. The second-order valence-electron chi connectivity index (χ2n) is 12.7. The van der Waals surface area contributed by atoms with Crippen molar-refractivity contribution in [3.05, 3.63) is 194 Å². The maximum Gasteiger partial charge on any atom is 0.164 e. The van der Waals surface area contributed by atoms with Gasteiger partial charge in [0.25, 0.3) is 0 Å². The monoisotopic (exact) mass is 692 g/mol. The van der Waals surface area contributed by atoms with Gasteiger partial charge in [-0.25, -0.2) is 29.9 Å². The molecule has 2 aromatic heterocycles. The van der Waals surface area contributed by atoms with Gasteiger partial charge in [0.2, 0.25) is 0 Å². The summed E-state index contributed by atoms with van der Waals surface area (Å²) < 4.78 is 0. The van der Waals surface area contributed by atoms with Crippen LogP contribution in [0.3, 0.4) is 0 Å². The third kappa shape index (κ3) is 6.56. The van der Waals surface area contributed by atoms with Crippen molar-refractivity contribution in [2.75, 3.05) is 0 Å². The van der Waals surface area contributed by atoms with Crippen LogP contribution in [0.25, 0.3) is 90.6 Å². The zero-order chi connectivity index (χ0) is 36.1. The first-order chi connectivity index (χ1) is 26.8. The van der Waals surface area contributed by atoms with Crippen molar-refractivity contribution in [3.8, 4) is 90.6 Å². The first kappa shape index (κ1) is 32.5. The number of rotatable bonds is 8. The van der Waals surface area contributed by atoms with Crippen LogP contribution in [0.5, 0.6) is 0 Å². The molecule has 0 saturated heterocycles. The van der Waals surface area contributed by atoms with E-state index < -0.39 is 0 Å². The number of hydrogen-bond donors (Lipinski definition) is 0. The standard InChI is InChI=1S/C48H32N6/c1-5-19-33(20-6-1)43-49-44(34-21-7-2-8-22-34)52-47(51-43)41-31-17-15-29-39(41)37-27-13-14-28-38(37)40-30-16-18-32-42(40)48-53-45(35-23-9-3-10-24-35)50-46(54-48)36-25-11-4-12-26-36/h1-32H. The van der Waals surface area contributed by atoms with Crippen molar-refractivity contribution in [3.63, 3.8) is 0 Å². The fraction of sp³-hybridized carbons (Fsp3) is 0. The van der Waals surface area contributed by atoms with E-state index in [0.29, 0.717) is 34.9 Å². The summed E-state index contributed by atoms with van der Waals surface area (Å²) in [4.78, 5) is 30.2. The molecular formula is C48H32N6. The van der Waals surface area contributed by atoms with Gasteiger partial charge in [-0.3, -0.25) is 0 Å². The van der Waals surface area contributed by atoms with Gasteiger partial charge in [0, 0.05) is 33.4 Å². The number of aromatic nitrogens is 6. The summed E-state index contributed by atoms with van der Waals surface area (Å²) in [6.07, 6.45) is 0. The highest BCUT2D eigenvalue weighted by Gasteiger charge is 2.20. The molecule has 0 aliphatic carbocycles. The molecule has 254 valence electrons. The quantitative estimate of drug-likeness (QED) is 0.158. The van der Waals surface area contributed by atoms with Gasteiger partial charge in [-0.05, 0) is 22.3 Å². The molecule has 0 radical (unpaired) electrons. The van der Waals surface area contributed by atoms with E-state index in [-0.39, 0.29) is 0 Å². The lowest BCUT2D eigenvalue weighted by atomic mass is 9.89. The summed E-state index contributed by atoms with van der Waals surface area (Å²) in [6, 6.07) is 65.3. The van der Waals surface area contributed by atoms with Crippen molar-refractivity contribution >= 4 is 0 Å². The first-order valence-electron chi connectivity index (χ1n) is 17.8. The first-order valence-corrected chi connectivity index (χ1v) is 17.8. The minimum Gasteiger partial charge on any atom is -0.208 e. The molecule has 2 heterocycles. The number of nitrogens with zero attached hydrogens (tertiary/aromatic N) is 6. The maximum atomic E-state index is 5.08. The van der Waals surface area contributed by atoms with Crippen molar-refractivity contribution in [1.29, 1.82) is 0 Å². The van der Waals surface area contributed by atoms with Crippen LogP contribution in [-0.2, 0) is 0 Å². The Morgan fingerprint density at radius 1 is 0.167 bits per heavy atom. The summed E-state index contributed by atoms with van der Waals surface area (Å²) in [5.74, 6) is 3.66. The van der Waals surface area contributed by atoms with Gasteiger partial charge in [0.15, 0.2) is 34.9 Å². The van der Waals surface area contributed by atoms with Crippen LogP contribution in [0.4, 0.5) is 0 Å². The molecule has 6 nitrogen and oxygen atoms in total. The second kappa shape index (κ2) is 14.7. The smallest absolute Gasteiger partial charge is 0.164 e. The molecule has 9 rings (SSSR count). The molecule has 54 heavy (non-hydrogen) atoms. The molecule has 0 spiro atoms. The van der Waals surface area contributed by atoms with E-state index >= 15 is 0 Å². The SMILES string of the molecule is c1ccc(-c2nc(-c3ccccc3)nc(-c3ccccc3-c3ccccc3-c3ccccc3-c3nc(-c4ccccc4)nc(-c4ccccc4)n3)n2)cc1. The zero-order valence-corrected chi connectivity index (χ0v) is 29.2. The van der Waals surface area contributed by atoms with Crippen LogP contribution in [0.2, 0.25) is 0 Å². The number of benzene rings is 7. The molecule has 0 fully saturated rings. The maximum absolute atomic E-state index is 5.08. The molecule has 9 aromatic rings. The third-order valence-corrected chi connectivity index (χ3v) is 9.24. The molecule has 6 heteroatoms. The lowest BCUT2D eigenvalue weighted by Crippen LogP contribution is -2.02. The fourth-order valence-corrected chi connectivity index (χ4v) is 6.64. The summed E-state index contributed by atoms with van der Waals surface area (Å²) in [7, 11) is 0. The average Bonchev–Trinajstić information content (AvgIpc) is 3.27. The van der Waals surface area contributed by atoms with Crippen LogP contribution in [0, 0.1) is 0 Å². The summed E-state index contributed by atoms with van der Waals surface area (Å²) in [5, 5.41) is 0. The Morgan fingerprint density at radius 2 is 0.352 bits per heavy atom. The van der Waals surface area contributed by atoms with Gasteiger partial charge in [-0.15, -0.1) is 0 Å². The van der Waals surface area contributed by atoms with E-state index in [1.54, 1.807) is 0 Å². The third-order valence-electron chi connectivity index (χ3n) is 9.24. The van der Waals surface area contributed by atoms with Gasteiger partial charge < -0.3 is 0 Å². The molecule has 0 atom stereocenters. The van der Waals surface area contributed by atoms with E-state index in [9.17, 15) is 0 Å². The van der Waals surface area contributed by atoms with Crippen molar-refractivity contribution < 1.29 is 0 Å². The molecule has 0 aliphatic heterocycles. The Bertz CT molecular complexity index is 2400. The Hall–Kier alpha value is -7.44. The van der Waals surface area contributed by atoms with Gasteiger partial charge in [0.1, 0.15) is 0 Å². The Morgan fingerprint density at radius 3 is 0.611 bits per heavy atom. The fourth-order valence-electron chi connectivity index (χ4n) is 6.64. The summed E-state index contributed by atoms with van der Waals surface area (Å²) in [5.41, 5.74) is 9.55. The van der Waals surface area contributed by atoms with Gasteiger partial charge in [0.05, 0.1) is 0 Å². The highest BCUT2D eigenvalue weighted by molar-refractivity contribution is 5.94. The molecule has 7 aromatic carbocycles. The van der Waals surface area contributed by atoms with Gasteiger partial charge in [-0.2, -0.15) is 0 Å². The van der Waals surface area contributed by atoms with Gasteiger partial charge in [-0.1, -0.05) is 194 Å². The normalized spacial score (nSPS) is 11.0. The molecule has 0 amide bonds. The van der Waals surface area contributed by atoms with Crippen molar-refractivity contribution in [1.82, 2.24) is 29.9 Å². The van der Waals surface area contributed by atoms with Crippen molar-refractivity contribution in [2.24, 2.45) is 0 Å². The second-order valence-corrected chi connectivity index (χ2v) is 12.7. The Labute approximate surface area is 313 Å². The molecule has 0 bridgehead atoms. The molecular weight excluding hydrogens is 661 g/mol. The van der Waals surface area contributed by atoms with E-state index in [0.717, 1.165) is 55.6 Å². The van der Waals surface area contributed by atoms with E-state index in [2.05, 4.69) is 60.7 Å². The average molecular weight is 693 g/mol. The predicted molar refractivity (Wildman–Crippen MR) is 217 cm³/mol. The highest BCUT2D eigenvalue weighted by atomic mass is 15.0. The van der Waals surface area contributed by atoms with Crippen LogP contribution in [0.15, 0.2) is 194 Å². The lowest BCUT2D eigenvalue weighted by Gasteiger charge is -2.17. The van der Waals surface area contributed by atoms with E-state index in [1.165, 1.54) is 0 Å². The molecule has 0 aliphatic rings. The topological polar surface area (TPSA) is 77.3 Å². The predicted octanol–water partition coefficient (Wildman–Crippen LogP) is 11.4. The minimum absolute atomic E-state index is 0.596. The Kier molecular flexibility index (Phi) is 8.81. The van der Waals surface area contributed by atoms with Crippen LogP contribution in [-0.4, -0.2) is 29.9 Å². The largest absolute Gasteiger partial charge is 0.208 e. The summed E-state index contributed by atoms with van der Waals surface area (Å²) in [6.45, 7) is 0. The zero-order valence-electron chi connectivity index (χ0n) is 29.2. The summed E-state index contributed by atoms with van der Waals surface area (Å²) >= 11 is 0. The number of hydrogen-bond acceptors (Lipinski definition) is 6. The van der Waals surface area contributed by atoms with E-state index in [4.69, 9.17) is 29.9 Å². The minimum atomic E-state index is 0.596. The highest BCUT2D eigenvalue weighted by Crippen LogP contribution is 2.41. The Balaban J connectivity index is 1.22. The molecule has 0 saturated carbocycles.